The molecule has 8 heteroatoms. The van der Waals surface area contributed by atoms with Gasteiger partial charge in [0, 0.05) is 18.1 Å². The zero-order valence-electron chi connectivity index (χ0n) is 15.9. The highest BCUT2D eigenvalue weighted by molar-refractivity contribution is 7.22. The highest BCUT2D eigenvalue weighted by atomic mass is 35.5. The van der Waals surface area contributed by atoms with Crippen molar-refractivity contribution in [2.24, 2.45) is 0 Å². The Kier molecular flexibility index (Phi) is 6.78. The number of nitrogens with zero attached hydrogens (tertiary/aromatic N) is 3. The second-order valence-corrected chi connectivity index (χ2v) is 8.30. The van der Waals surface area contributed by atoms with Gasteiger partial charge in [-0.15, -0.1) is 0 Å². The Morgan fingerprint density at radius 3 is 2.64 bits per heavy atom. The predicted molar refractivity (Wildman–Crippen MR) is 117 cm³/mol. The molecule has 1 heterocycles. The van der Waals surface area contributed by atoms with Gasteiger partial charge in [-0.2, -0.15) is 0 Å². The molecule has 0 fully saturated rings. The van der Waals surface area contributed by atoms with Crippen molar-refractivity contribution in [1.29, 1.82) is 0 Å². The molecule has 3 aromatic rings. The number of rotatable bonds is 7. The molecule has 1 aromatic heterocycles. The number of carbonyl (C=O) groups is 1. The second-order valence-electron chi connectivity index (χ2n) is 6.44. The molecule has 3 rings (SSSR count). The van der Waals surface area contributed by atoms with Crippen LogP contribution in [0.5, 0.6) is 5.75 Å². The summed E-state index contributed by atoms with van der Waals surface area (Å²) in [7, 11) is 3.92. The fourth-order valence-corrected chi connectivity index (χ4v) is 4.04. The van der Waals surface area contributed by atoms with Gasteiger partial charge in [0.2, 0.25) is 0 Å². The van der Waals surface area contributed by atoms with Crippen molar-refractivity contribution in [3.63, 3.8) is 0 Å². The standard InChI is InChI=1S/C20H21Cl2N3O2S/c1-4-27-14-6-8-17-18(12-14)28-20(23-17)25(10-9-24(2)3)19(26)15-11-13(21)5-7-16(15)22/h5-8,11-12H,4,9-10H2,1-3H3. The Hall–Kier alpha value is -1.86. The van der Waals surface area contributed by atoms with Crippen LogP contribution in [0.1, 0.15) is 17.3 Å². The van der Waals surface area contributed by atoms with Gasteiger partial charge in [0.25, 0.3) is 5.91 Å². The quantitative estimate of drug-likeness (QED) is 0.508. The number of hydrogen-bond acceptors (Lipinski definition) is 5. The number of fused-ring (bicyclic) bond motifs is 1. The minimum atomic E-state index is -0.224. The topological polar surface area (TPSA) is 45.7 Å². The first-order valence-electron chi connectivity index (χ1n) is 8.84. The number of ether oxygens (including phenoxy) is 1. The van der Waals surface area contributed by atoms with Crippen LogP contribution in [0.3, 0.4) is 0 Å². The fraction of sp³-hybridized carbons (Fsp3) is 0.300. The van der Waals surface area contributed by atoms with E-state index in [2.05, 4.69) is 4.98 Å². The van der Waals surface area contributed by atoms with Gasteiger partial charge in [0.1, 0.15) is 5.75 Å². The van der Waals surface area contributed by atoms with Gasteiger partial charge in [-0.05, 0) is 57.4 Å². The molecule has 1 amide bonds. The van der Waals surface area contributed by atoms with E-state index in [4.69, 9.17) is 27.9 Å². The number of amides is 1. The molecule has 0 unspecified atom stereocenters. The predicted octanol–water partition coefficient (Wildman–Crippen LogP) is 5.21. The molecular weight excluding hydrogens is 417 g/mol. The maximum absolute atomic E-state index is 13.3. The number of carbonyl (C=O) groups excluding carboxylic acids is 1. The van der Waals surface area contributed by atoms with Gasteiger partial charge in [0.05, 0.1) is 27.4 Å². The van der Waals surface area contributed by atoms with Crippen LogP contribution in [0, 0.1) is 0 Å². The first-order valence-corrected chi connectivity index (χ1v) is 10.4. The number of halogens is 2. The van der Waals surface area contributed by atoms with Crippen molar-refractivity contribution in [2.45, 2.75) is 6.92 Å². The van der Waals surface area contributed by atoms with E-state index in [-0.39, 0.29) is 5.91 Å². The van der Waals surface area contributed by atoms with Crippen LogP contribution in [0.4, 0.5) is 5.13 Å². The Balaban J connectivity index is 2.00. The Morgan fingerprint density at radius 2 is 1.93 bits per heavy atom. The van der Waals surface area contributed by atoms with Crippen LogP contribution >= 0.6 is 34.5 Å². The molecule has 0 radical (unpaired) electrons. The first-order chi connectivity index (χ1) is 13.4. The minimum absolute atomic E-state index is 0.224. The molecule has 0 spiro atoms. The number of hydrogen-bond donors (Lipinski definition) is 0. The summed E-state index contributed by atoms with van der Waals surface area (Å²) in [5, 5.41) is 1.45. The maximum atomic E-state index is 13.3. The van der Waals surface area contributed by atoms with E-state index in [0.717, 1.165) is 16.0 Å². The smallest absolute Gasteiger partial charge is 0.261 e. The number of thiazole rings is 1. The minimum Gasteiger partial charge on any atom is -0.494 e. The van der Waals surface area contributed by atoms with E-state index in [0.29, 0.717) is 40.4 Å². The Morgan fingerprint density at radius 1 is 1.14 bits per heavy atom. The van der Waals surface area contributed by atoms with Gasteiger partial charge >= 0.3 is 0 Å². The highest BCUT2D eigenvalue weighted by Gasteiger charge is 2.23. The lowest BCUT2D eigenvalue weighted by Gasteiger charge is -2.22. The van der Waals surface area contributed by atoms with Crippen molar-refractivity contribution >= 4 is 55.8 Å². The van der Waals surface area contributed by atoms with E-state index in [9.17, 15) is 4.79 Å². The Bertz CT molecular complexity index is 991. The molecule has 0 atom stereocenters. The van der Waals surface area contributed by atoms with Crippen molar-refractivity contribution in [3.8, 4) is 5.75 Å². The van der Waals surface area contributed by atoms with E-state index in [1.165, 1.54) is 11.3 Å². The monoisotopic (exact) mass is 437 g/mol. The van der Waals surface area contributed by atoms with Crippen LogP contribution in [0.15, 0.2) is 36.4 Å². The van der Waals surface area contributed by atoms with E-state index in [1.54, 1.807) is 23.1 Å². The summed E-state index contributed by atoms with van der Waals surface area (Å²) in [5.74, 6) is 0.563. The molecule has 0 aliphatic carbocycles. The molecule has 148 valence electrons. The summed E-state index contributed by atoms with van der Waals surface area (Å²) in [4.78, 5) is 21.6. The average molecular weight is 438 g/mol. The van der Waals surface area contributed by atoms with Crippen LogP contribution in [0.2, 0.25) is 10.0 Å². The first kappa shape index (κ1) is 20.9. The Labute approximate surface area is 178 Å². The molecule has 0 aliphatic rings. The van der Waals surface area contributed by atoms with Gasteiger partial charge < -0.3 is 9.64 Å². The van der Waals surface area contributed by atoms with E-state index >= 15 is 0 Å². The maximum Gasteiger partial charge on any atom is 0.261 e. The molecule has 2 aromatic carbocycles. The lowest BCUT2D eigenvalue weighted by molar-refractivity contribution is 0.0985. The second kappa shape index (κ2) is 9.09. The molecule has 0 saturated carbocycles. The summed E-state index contributed by atoms with van der Waals surface area (Å²) in [6, 6.07) is 10.6. The highest BCUT2D eigenvalue weighted by Crippen LogP contribution is 2.33. The van der Waals surface area contributed by atoms with Gasteiger partial charge in [-0.1, -0.05) is 34.5 Å². The lowest BCUT2D eigenvalue weighted by atomic mass is 10.2. The molecule has 0 N–H and O–H groups in total. The number of benzene rings is 2. The third-order valence-corrected chi connectivity index (χ3v) is 5.67. The van der Waals surface area contributed by atoms with Gasteiger partial charge in [0.15, 0.2) is 5.13 Å². The van der Waals surface area contributed by atoms with Crippen LogP contribution < -0.4 is 9.64 Å². The van der Waals surface area contributed by atoms with E-state index < -0.39 is 0 Å². The molecule has 0 bridgehead atoms. The number of aromatic nitrogens is 1. The fourth-order valence-electron chi connectivity index (χ4n) is 2.66. The molecular formula is C20H21Cl2N3O2S. The SMILES string of the molecule is CCOc1ccc2nc(N(CCN(C)C)C(=O)c3cc(Cl)ccc3Cl)sc2c1. The number of anilines is 1. The number of likely N-dealkylation sites (N-methyl/N-ethyl adjacent to an activating group) is 1. The van der Waals surface area contributed by atoms with Crippen LogP contribution in [-0.4, -0.2) is 49.6 Å². The van der Waals surface area contributed by atoms with Crippen molar-refractivity contribution in [1.82, 2.24) is 9.88 Å². The lowest BCUT2D eigenvalue weighted by Crippen LogP contribution is -2.36. The van der Waals surface area contributed by atoms with Gasteiger partial charge in [-0.3, -0.25) is 9.69 Å². The van der Waals surface area contributed by atoms with Crippen LogP contribution in [0.25, 0.3) is 10.2 Å². The van der Waals surface area contributed by atoms with Gasteiger partial charge in [-0.25, -0.2) is 4.98 Å². The van der Waals surface area contributed by atoms with Crippen molar-refractivity contribution in [3.05, 3.63) is 52.0 Å². The van der Waals surface area contributed by atoms with Crippen LogP contribution in [-0.2, 0) is 0 Å². The summed E-state index contributed by atoms with van der Waals surface area (Å²) >= 11 is 13.8. The van der Waals surface area contributed by atoms with E-state index in [1.807, 2.05) is 44.1 Å². The van der Waals surface area contributed by atoms with Crippen molar-refractivity contribution in [2.75, 3.05) is 38.7 Å². The summed E-state index contributed by atoms with van der Waals surface area (Å²) in [6.07, 6.45) is 0. The summed E-state index contributed by atoms with van der Waals surface area (Å²) in [5.41, 5.74) is 1.19. The van der Waals surface area contributed by atoms with Crippen molar-refractivity contribution < 1.29 is 9.53 Å². The molecule has 0 saturated heterocycles. The average Bonchev–Trinajstić information content (AvgIpc) is 3.06. The molecule has 28 heavy (non-hydrogen) atoms. The normalized spacial score (nSPS) is 11.2. The summed E-state index contributed by atoms with van der Waals surface area (Å²) in [6.45, 7) is 3.70. The molecule has 0 aliphatic heterocycles. The molecule has 5 nitrogen and oxygen atoms in total. The summed E-state index contributed by atoms with van der Waals surface area (Å²) < 4.78 is 6.53. The zero-order valence-corrected chi connectivity index (χ0v) is 18.2. The third kappa shape index (κ3) is 4.75. The zero-order chi connectivity index (χ0) is 20.3. The largest absolute Gasteiger partial charge is 0.494 e. The third-order valence-electron chi connectivity index (χ3n) is 4.07.